The zero-order chi connectivity index (χ0) is 15.7. The number of nitrogen functional groups attached to an aromatic ring is 1. The maximum atomic E-state index is 6.18. The van der Waals surface area contributed by atoms with E-state index in [2.05, 4.69) is 36.9 Å². The van der Waals surface area contributed by atoms with Gasteiger partial charge in [0.2, 0.25) is 0 Å². The molecular formula is C18H21ClN2O. The van der Waals surface area contributed by atoms with Crippen molar-refractivity contribution in [2.75, 3.05) is 23.7 Å². The molecule has 3 nitrogen and oxygen atoms in total. The number of rotatable bonds is 3. The van der Waals surface area contributed by atoms with Crippen LogP contribution in [0.5, 0.6) is 5.75 Å². The fraction of sp³-hybridized carbons (Fsp3) is 0.333. The molecule has 0 amide bonds. The Labute approximate surface area is 136 Å². The molecule has 0 radical (unpaired) electrons. The third-order valence-electron chi connectivity index (χ3n) is 3.97. The van der Waals surface area contributed by atoms with E-state index >= 15 is 0 Å². The van der Waals surface area contributed by atoms with Crippen LogP contribution < -0.4 is 15.4 Å². The number of nitrogens with two attached hydrogens (primary N) is 1. The summed E-state index contributed by atoms with van der Waals surface area (Å²) in [6.45, 7) is 6.15. The van der Waals surface area contributed by atoms with Crippen molar-refractivity contribution in [3.05, 3.63) is 52.5 Å². The molecule has 1 aliphatic rings. The van der Waals surface area contributed by atoms with Crippen molar-refractivity contribution in [3.63, 3.8) is 0 Å². The largest absolute Gasteiger partial charge is 0.487 e. The summed E-state index contributed by atoms with van der Waals surface area (Å²) in [5.74, 6) is 0.711. The van der Waals surface area contributed by atoms with Gasteiger partial charge in [0.1, 0.15) is 11.9 Å². The molecule has 0 spiro atoms. The Morgan fingerprint density at radius 2 is 1.86 bits per heavy atom. The van der Waals surface area contributed by atoms with Crippen LogP contribution in [-0.4, -0.2) is 19.2 Å². The van der Waals surface area contributed by atoms with Crippen molar-refractivity contribution in [2.45, 2.75) is 26.4 Å². The van der Waals surface area contributed by atoms with Gasteiger partial charge in [-0.3, -0.25) is 0 Å². The molecular weight excluding hydrogens is 296 g/mol. The average Bonchev–Trinajstić information content (AvgIpc) is 2.89. The highest BCUT2D eigenvalue weighted by Crippen LogP contribution is 2.30. The Morgan fingerprint density at radius 1 is 1.14 bits per heavy atom. The maximum Gasteiger partial charge on any atom is 0.138 e. The molecule has 3 rings (SSSR count). The molecule has 1 atom stereocenters. The first-order valence-electron chi connectivity index (χ1n) is 7.56. The average molecular weight is 317 g/mol. The minimum absolute atomic E-state index is 0.155. The molecule has 0 saturated carbocycles. The highest BCUT2D eigenvalue weighted by Gasteiger charge is 2.25. The van der Waals surface area contributed by atoms with Crippen molar-refractivity contribution >= 4 is 23.0 Å². The topological polar surface area (TPSA) is 38.5 Å². The number of anilines is 2. The van der Waals surface area contributed by atoms with Gasteiger partial charge in [0.15, 0.2) is 0 Å². The van der Waals surface area contributed by atoms with Crippen molar-refractivity contribution in [1.29, 1.82) is 0 Å². The van der Waals surface area contributed by atoms with Crippen LogP contribution in [0.1, 0.15) is 17.5 Å². The van der Waals surface area contributed by atoms with E-state index in [4.69, 9.17) is 22.1 Å². The van der Waals surface area contributed by atoms with Crippen molar-refractivity contribution in [3.8, 4) is 5.75 Å². The summed E-state index contributed by atoms with van der Waals surface area (Å²) < 4.78 is 6.04. The van der Waals surface area contributed by atoms with Gasteiger partial charge in [-0.2, -0.15) is 0 Å². The van der Waals surface area contributed by atoms with Gasteiger partial charge < -0.3 is 15.4 Å². The Balaban J connectivity index is 1.69. The lowest BCUT2D eigenvalue weighted by molar-refractivity contribution is 0.225. The molecule has 1 unspecified atom stereocenters. The van der Waals surface area contributed by atoms with Gasteiger partial charge in [-0.05, 0) is 55.3 Å². The second kappa shape index (κ2) is 6.09. The van der Waals surface area contributed by atoms with Crippen LogP contribution in [-0.2, 0) is 0 Å². The zero-order valence-corrected chi connectivity index (χ0v) is 13.7. The molecule has 0 aromatic heterocycles. The first-order valence-corrected chi connectivity index (χ1v) is 7.94. The van der Waals surface area contributed by atoms with E-state index < -0.39 is 0 Å². The van der Waals surface area contributed by atoms with Crippen LogP contribution in [0.15, 0.2) is 36.4 Å². The molecule has 1 saturated heterocycles. The summed E-state index contributed by atoms with van der Waals surface area (Å²) in [7, 11) is 0. The molecule has 1 heterocycles. The van der Waals surface area contributed by atoms with E-state index in [1.165, 1.54) is 16.8 Å². The lowest BCUT2D eigenvalue weighted by Gasteiger charge is -2.20. The third-order valence-corrected chi connectivity index (χ3v) is 4.26. The van der Waals surface area contributed by atoms with Gasteiger partial charge in [0.05, 0.1) is 11.6 Å². The fourth-order valence-electron chi connectivity index (χ4n) is 2.98. The standard InChI is InChI=1S/C18H21ClN2O/c1-12-7-13(2)9-15(8-12)21-6-5-16(11-21)22-18-4-3-14(20)10-17(18)19/h3-4,7-10,16H,5-6,11,20H2,1-2H3. The van der Waals surface area contributed by atoms with Gasteiger partial charge >= 0.3 is 0 Å². The van der Waals surface area contributed by atoms with Crippen LogP contribution in [0.4, 0.5) is 11.4 Å². The van der Waals surface area contributed by atoms with Gasteiger partial charge in [0.25, 0.3) is 0 Å². The van der Waals surface area contributed by atoms with Gasteiger partial charge in [-0.1, -0.05) is 17.7 Å². The molecule has 1 fully saturated rings. The molecule has 4 heteroatoms. The van der Waals surface area contributed by atoms with Gasteiger partial charge in [-0.25, -0.2) is 0 Å². The SMILES string of the molecule is Cc1cc(C)cc(N2CCC(Oc3ccc(N)cc3Cl)C2)c1. The summed E-state index contributed by atoms with van der Waals surface area (Å²) in [6.07, 6.45) is 1.15. The Morgan fingerprint density at radius 3 is 2.55 bits per heavy atom. The second-order valence-electron chi connectivity index (χ2n) is 6.01. The molecule has 2 N–H and O–H groups in total. The fourth-order valence-corrected chi connectivity index (χ4v) is 3.22. The smallest absolute Gasteiger partial charge is 0.138 e. The highest BCUT2D eigenvalue weighted by molar-refractivity contribution is 6.32. The molecule has 116 valence electrons. The van der Waals surface area contributed by atoms with Gasteiger partial charge in [0, 0.05) is 24.3 Å². The summed E-state index contributed by atoms with van der Waals surface area (Å²) in [5.41, 5.74) is 10.2. The minimum Gasteiger partial charge on any atom is -0.487 e. The number of halogens is 1. The zero-order valence-electron chi connectivity index (χ0n) is 13.0. The number of ether oxygens (including phenoxy) is 1. The Hall–Kier alpha value is -1.87. The summed E-state index contributed by atoms with van der Waals surface area (Å²) in [4.78, 5) is 2.37. The first kappa shape index (κ1) is 15.0. The lowest BCUT2D eigenvalue weighted by Crippen LogP contribution is -2.24. The van der Waals surface area contributed by atoms with Crippen LogP contribution in [0.3, 0.4) is 0 Å². The normalized spacial score (nSPS) is 17.8. The maximum absolute atomic E-state index is 6.18. The number of hydrogen-bond donors (Lipinski definition) is 1. The predicted molar refractivity (Wildman–Crippen MR) is 93.0 cm³/mol. The van der Waals surface area contributed by atoms with Crippen LogP contribution in [0, 0.1) is 13.8 Å². The first-order chi connectivity index (χ1) is 10.5. The highest BCUT2D eigenvalue weighted by atomic mass is 35.5. The van der Waals surface area contributed by atoms with Crippen LogP contribution >= 0.6 is 11.6 Å². The van der Waals surface area contributed by atoms with Crippen molar-refractivity contribution < 1.29 is 4.74 Å². The number of aryl methyl sites for hydroxylation is 2. The van der Waals surface area contributed by atoms with E-state index in [-0.39, 0.29) is 6.10 Å². The minimum atomic E-state index is 0.155. The van der Waals surface area contributed by atoms with Crippen LogP contribution in [0.25, 0.3) is 0 Å². The van der Waals surface area contributed by atoms with E-state index in [0.29, 0.717) is 16.5 Å². The lowest BCUT2D eigenvalue weighted by atomic mass is 10.1. The third kappa shape index (κ3) is 3.30. The molecule has 2 aromatic rings. The van der Waals surface area contributed by atoms with Gasteiger partial charge in [-0.15, -0.1) is 0 Å². The van der Waals surface area contributed by atoms with E-state index in [0.717, 1.165) is 19.5 Å². The Bertz CT molecular complexity index is 667. The molecule has 22 heavy (non-hydrogen) atoms. The van der Waals surface area contributed by atoms with E-state index in [9.17, 15) is 0 Å². The summed E-state index contributed by atoms with van der Waals surface area (Å²) in [5, 5.41) is 0.574. The quantitative estimate of drug-likeness (QED) is 0.863. The molecule has 0 aliphatic carbocycles. The Kier molecular flexibility index (Phi) is 4.16. The van der Waals surface area contributed by atoms with Crippen molar-refractivity contribution in [2.24, 2.45) is 0 Å². The molecule has 0 bridgehead atoms. The molecule has 2 aromatic carbocycles. The molecule has 1 aliphatic heterocycles. The summed E-state index contributed by atoms with van der Waals surface area (Å²) >= 11 is 6.18. The second-order valence-corrected chi connectivity index (χ2v) is 6.42. The van der Waals surface area contributed by atoms with Crippen LogP contribution in [0.2, 0.25) is 5.02 Å². The number of hydrogen-bond acceptors (Lipinski definition) is 3. The monoisotopic (exact) mass is 316 g/mol. The van der Waals surface area contributed by atoms with E-state index in [1.807, 2.05) is 12.1 Å². The van der Waals surface area contributed by atoms with Crippen molar-refractivity contribution in [1.82, 2.24) is 0 Å². The number of nitrogens with zero attached hydrogens (tertiary/aromatic N) is 1. The number of benzene rings is 2. The predicted octanol–water partition coefficient (Wildman–Crippen LogP) is 4.20. The summed E-state index contributed by atoms with van der Waals surface area (Å²) in [6, 6.07) is 12.0. The van der Waals surface area contributed by atoms with E-state index in [1.54, 1.807) is 6.07 Å².